The minimum absolute atomic E-state index is 0.0186. The number of nitrogens with zero attached hydrogens (tertiary/aromatic N) is 3. The van der Waals surface area contributed by atoms with E-state index in [0.29, 0.717) is 24.3 Å². The largest absolute Gasteiger partial charge is 0.336 e. The van der Waals surface area contributed by atoms with E-state index in [0.717, 1.165) is 25.2 Å². The van der Waals surface area contributed by atoms with Crippen LogP contribution in [0.5, 0.6) is 0 Å². The highest BCUT2D eigenvalue weighted by molar-refractivity contribution is 7.92. The van der Waals surface area contributed by atoms with Crippen LogP contribution in [0.2, 0.25) is 0 Å². The summed E-state index contributed by atoms with van der Waals surface area (Å²) in [5.41, 5.74) is 3.30. The van der Waals surface area contributed by atoms with Gasteiger partial charge in [0.15, 0.2) is 0 Å². The Kier molecular flexibility index (Phi) is 7.11. The van der Waals surface area contributed by atoms with Crippen molar-refractivity contribution in [2.24, 2.45) is 0 Å². The fourth-order valence-electron chi connectivity index (χ4n) is 4.05. The molecule has 0 atom stereocenters. The maximum atomic E-state index is 13.0. The van der Waals surface area contributed by atoms with Crippen LogP contribution in [-0.4, -0.2) is 56.6 Å². The summed E-state index contributed by atoms with van der Waals surface area (Å²) >= 11 is 0. The molecule has 1 amide bonds. The van der Waals surface area contributed by atoms with Gasteiger partial charge in [-0.15, -0.1) is 0 Å². The maximum Gasteiger partial charge on any atom is 0.253 e. The van der Waals surface area contributed by atoms with Gasteiger partial charge >= 0.3 is 0 Å². The fraction of sp³-hybridized carbons (Fsp3) is 0.269. The first kappa shape index (κ1) is 23.0. The van der Waals surface area contributed by atoms with E-state index in [2.05, 4.69) is 17.0 Å². The summed E-state index contributed by atoms with van der Waals surface area (Å²) in [7, 11) is -3.47. The molecule has 172 valence electrons. The van der Waals surface area contributed by atoms with Crippen molar-refractivity contribution in [2.75, 3.05) is 36.7 Å². The Morgan fingerprint density at radius 1 is 0.788 bits per heavy atom. The van der Waals surface area contributed by atoms with E-state index in [1.165, 1.54) is 16.1 Å². The van der Waals surface area contributed by atoms with Gasteiger partial charge in [-0.25, -0.2) is 8.42 Å². The summed E-state index contributed by atoms with van der Waals surface area (Å²) in [5, 5.41) is 0. The number of rotatable bonds is 7. The van der Waals surface area contributed by atoms with Crippen molar-refractivity contribution in [3.8, 4) is 0 Å². The van der Waals surface area contributed by atoms with Gasteiger partial charge in [-0.1, -0.05) is 60.7 Å². The molecule has 3 aromatic carbocycles. The first-order valence-corrected chi connectivity index (χ1v) is 12.9. The van der Waals surface area contributed by atoms with Gasteiger partial charge in [-0.3, -0.25) is 14.0 Å². The second kappa shape index (κ2) is 10.2. The van der Waals surface area contributed by atoms with E-state index >= 15 is 0 Å². The molecule has 4 rings (SSSR count). The molecule has 0 aliphatic carbocycles. The average Bonchev–Trinajstić information content (AvgIpc) is 2.83. The molecule has 0 radical (unpaired) electrons. The first-order chi connectivity index (χ1) is 15.9. The highest BCUT2D eigenvalue weighted by atomic mass is 32.2. The third-order valence-electron chi connectivity index (χ3n) is 5.88. The van der Waals surface area contributed by atoms with Crippen LogP contribution < -0.4 is 4.31 Å². The normalized spacial score (nSPS) is 14.8. The van der Waals surface area contributed by atoms with Crippen LogP contribution in [0.1, 0.15) is 21.5 Å². The Bertz CT molecular complexity index is 1160. The standard InChI is InChI=1S/C26H29N3O3S/c1-33(31,32)29(21-23-10-6-3-7-11-23)25-14-12-24(13-15-25)26(30)28-18-16-27(17-19-28)20-22-8-4-2-5-9-22/h2-15H,16-21H2,1H3. The van der Waals surface area contributed by atoms with Crippen molar-refractivity contribution < 1.29 is 13.2 Å². The number of piperazine rings is 1. The molecule has 33 heavy (non-hydrogen) atoms. The Labute approximate surface area is 196 Å². The van der Waals surface area contributed by atoms with E-state index in [-0.39, 0.29) is 12.5 Å². The summed E-state index contributed by atoms with van der Waals surface area (Å²) in [6.45, 7) is 4.15. The van der Waals surface area contributed by atoms with Crippen LogP contribution in [0.3, 0.4) is 0 Å². The zero-order valence-corrected chi connectivity index (χ0v) is 19.6. The minimum atomic E-state index is -3.47. The molecule has 1 saturated heterocycles. The number of anilines is 1. The molecule has 0 aromatic heterocycles. The predicted octanol–water partition coefficient (Wildman–Crippen LogP) is 3.61. The smallest absolute Gasteiger partial charge is 0.253 e. The summed E-state index contributed by atoms with van der Waals surface area (Å²) in [6.07, 6.45) is 1.20. The third kappa shape index (κ3) is 6.00. The van der Waals surface area contributed by atoms with Gasteiger partial charge in [0.1, 0.15) is 0 Å². The Morgan fingerprint density at radius 2 is 1.33 bits per heavy atom. The van der Waals surface area contributed by atoms with Gasteiger partial charge in [-0.05, 0) is 35.4 Å². The summed E-state index contributed by atoms with van der Waals surface area (Å²) < 4.78 is 26.2. The molecule has 3 aromatic rings. The molecule has 0 bridgehead atoms. The SMILES string of the molecule is CS(=O)(=O)N(Cc1ccccc1)c1ccc(C(=O)N2CCN(Cc3ccccc3)CC2)cc1. The fourth-order valence-corrected chi connectivity index (χ4v) is 4.94. The van der Waals surface area contributed by atoms with Crippen molar-refractivity contribution >= 4 is 21.6 Å². The van der Waals surface area contributed by atoms with Crippen molar-refractivity contribution in [1.82, 2.24) is 9.80 Å². The Hall–Kier alpha value is -3.16. The molecule has 1 heterocycles. The van der Waals surface area contributed by atoms with Crippen LogP contribution in [0.25, 0.3) is 0 Å². The van der Waals surface area contributed by atoms with E-state index in [4.69, 9.17) is 0 Å². The zero-order chi connectivity index (χ0) is 23.3. The highest BCUT2D eigenvalue weighted by Crippen LogP contribution is 2.22. The maximum absolute atomic E-state index is 13.0. The molecular weight excluding hydrogens is 434 g/mol. The summed E-state index contributed by atoms with van der Waals surface area (Å²) in [5.74, 6) is -0.0186. The second-order valence-corrected chi connectivity index (χ2v) is 10.3. The molecule has 6 nitrogen and oxygen atoms in total. The van der Waals surface area contributed by atoms with E-state index in [1.54, 1.807) is 24.3 Å². The topological polar surface area (TPSA) is 60.9 Å². The van der Waals surface area contributed by atoms with Crippen LogP contribution >= 0.6 is 0 Å². The van der Waals surface area contributed by atoms with E-state index in [1.807, 2.05) is 53.4 Å². The van der Waals surface area contributed by atoms with Gasteiger partial charge < -0.3 is 4.90 Å². The lowest BCUT2D eigenvalue weighted by Crippen LogP contribution is -2.48. The van der Waals surface area contributed by atoms with Crippen molar-refractivity contribution in [3.05, 3.63) is 102 Å². The number of hydrogen-bond acceptors (Lipinski definition) is 4. The summed E-state index contributed by atoms with van der Waals surface area (Å²) in [4.78, 5) is 17.2. The lowest BCUT2D eigenvalue weighted by atomic mass is 10.1. The number of amides is 1. The lowest BCUT2D eigenvalue weighted by Gasteiger charge is -2.35. The van der Waals surface area contributed by atoms with E-state index < -0.39 is 10.0 Å². The average molecular weight is 464 g/mol. The Morgan fingerprint density at radius 3 is 1.88 bits per heavy atom. The van der Waals surface area contributed by atoms with Crippen molar-refractivity contribution in [3.63, 3.8) is 0 Å². The highest BCUT2D eigenvalue weighted by Gasteiger charge is 2.23. The number of carbonyl (C=O) groups excluding carboxylic acids is 1. The molecule has 0 unspecified atom stereocenters. The number of hydrogen-bond donors (Lipinski definition) is 0. The van der Waals surface area contributed by atoms with Crippen LogP contribution in [0.15, 0.2) is 84.9 Å². The predicted molar refractivity (Wildman–Crippen MR) is 132 cm³/mol. The second-order valence-electron chi connectivity index (χ2n) is 8.36. The Balaban J connectivity index is 1.39. The van der Waals surface area contributed by atoms with Crippen LogP contribution in [0, 0.1) is 0 Å². The minimum Gasteiger partial charge on any atom is -0.336 e. The number of benzene rings is 3. The van der Waals surface area contributed by atoms with Crippen LogP contribution in [-0.2, 0) is 23.1 Å². The van der Waals surface area contributed by atoms with Crippen molar-refractivity contribution in [2.45, 2.75) is 13.1 Å². The molecule has 0 spiro atoms. The van der Waals surface area contributed by atoms with Gasteiger partial charge in [0.25, 0.3) is 5.91 Å². The van der Waals surface area contributed by atoms with Gasteiger partial charge in [0, 0.05) is 38.3 Å². The van der Waals surface area contributed by atoms with Gasteiger partial charge in [0.2, 0.25) is 10.0 Å². The van der Waals surface area contributed by atoms with Gasteiger partial charge in [-0.2, -0.15) is 0 Å². The molecule has 1 fully saturated rings. The van der Waals surface area contributed by atoms with Crippen molar-refractivity contribution in [1.29, 1.82) is 0 Å². The van der Waals surface area contributed by atoms with Crippen LogP contribution in [0.4, 0.5) is 5.69 Å². The zero-order valence-electron chi connectivity index (χ0n) is 18.8. The molecule has 7 heteroatoms. The van der Waals surface area contributed by atoms with E-state index in [9.17, 15) is 13.2 Å². The number of sulfonamides is 1. The molecule has 0 N–H and O–H groups in total. The third-order valence-corrected chi connectivity index (χ3v) is 7.02. The summed E-state index contributed by atoms with van der Waals surface area (Å²) in [6, 6.07) is 26.7. The molecular formula is C26H29N3O3S. The molecule has 1 aliphatic heterocycles. The van der Waals surface area contributed by atoms with Gasteiger partial charge in [0.05, 0.1) is 18.5 Å². The monoisotopic (exact) mass is 463 g/mol. The molecule has 0 saturated carbocycles. The number of carbonyl (C=O) groups is 1. The molecule has 1 aliphatic rings. The quantitative estimate of drug-likeness (QED) is 0.537. The lowest BCUT2D eigenvalue weighted by molar-refractivity contribution is 0.0628. The first-order valence-electron chi connectivity index (χ1n) is 11.1.